The first-order valence-corrected chi connectivity index (χ1v) is 11.1. The van der Waals surface area contributed by atoms with Gasteiger partial charge < -0.3 is 24.3 Å². The monoisotopic (exact) mass is 493 g/mol. The van der Waals surface area contributed by atoms with E-state index in [1.165, 1.54) is 12.1 Å². The Labute approximate surface area is 203 Å². The van der Waals surface area contributed by atoms with Gasteiger partial charge in [-0.05, 0) is 60.5 Å². The Bertz CT molecular complexity index is 1090. The maximum Gasteiger partial charge on any atom is 0.180 e. The third-order valence-corrected chi connectivity index (χ3v) is 5.68. The molecule has 0 aliphatic rings. The lowest BCUT2D eigenvalue weighted by atomic mass is 10.1. The Balaban J connectivity index is 1.59. The number of hydrogen-bond acceptors (Lipinski definition) is 5. The summed E-state index contributed by atoms with van der Waals surface area (Å²) in [5.74, 6) is 1.94. The maximum absolute atomic E-state index is 13.2. The average molecular weight is 494 g/mol. The van der Waals surface area contributed by atoms with E-state index < -0.39 is 5.82 Å². The second-order valence-electron chi connectivity index (χ2n) is 7.25. The highest BCUT2D eigenvalue weighted by atomic mass is 35.5. The second kappa shape index (κ2) is 12.0. The first-order chi connectivity index (χ1) is 15.9. The van der Waals surface area contributed by atoms with Crippen molar-refractivity contribution < 1.29 is 23.3 Å². The highest BCUT2D eigenvalue weighted by Gasteiger charge is 2.14. The summed E-state index contributed by atoms with van der Waals surface area (Å²) in [4.78, 5) is 0. The number of ether oxygens (including phenoxy) is 4. The van der Waals surface area contributed by atoms with E-state index in [1.807, 2.05) is 30.3 Å². The lowest BCUT2D eigenvalue weighted by Gasteiger charge is -2.15. The molecule has 3 rings (SSSR count). The summed E-state index contributed by atoms with van der Waals surface area (Å²) in [5.41, 5.74) is 2.74. The van der Waals surface area contributed by atoms with Crippen LogP contribution in [0.25, 0.3) is 0 Å². The average Bonchev–Trinajstić information content (AvgIpc) is 2.81. The highest BCUT2D eigenvalue weighted by Crippen LogP contribution is 2.37. The smallest absolute Gasteiger partial charge is 0.180 e. The van der Waals surface area contributed by atoms with E-state index in [1.54, 1.807) is 27.4 Å². The zero-order valence-corrected chi connectivity index (χ0v) is 20.2. The molecule has 5 nitrogen and oxygen atoms in total. The van der Waals surface area contributed by atoms with Gasteiger partial charge in [0.15, 0.2) is 23.0 Å². The molecule has 0 saturated heterocycles. The summed E-state index contributed by atoms with van der Waals surface area (Å²) in [6.07, 6.45) is 0.824. The molecule has 0 aliphatic heterocycles. The molecule has 8 heteroatoms. The van der Waals surface area contributed by atoms with Crippen LogP contribution in [0.5, 0.6) is 23.0 Å². The van der Waals surface area contributed by atoms with Crippen LogP contribution in [0.4, 0.5) is 4.39 Å². The quantitative estimate of drug-likeness (QED) is 0.328. The molecule has 176 valence electrons. The molecule has 3 aromatic carbocycles. The normalized spacial score (nSPS) is 10.7. The SMILES string of the molecule is COc1ccc(CCNCc2cc(Cl)c(OCc3ccc(F)cc3Cl)c(OC)c2)cc1OC. The first-order valence-electron chi connectivity index (χ1n) is 10.3. The predicted molar refractivity (Wildman–Crippen MR) is 129 cm³/mol. The maximum atomic E-state index is 13.2. The molecule has 0 heterocycles. The summed E-state index contributed by atoms with van der Waals surface area (Å²) in [5, 5.41) is 4.12. The van der Waals surface area contributed by atoms with Gasteiger partial charge in [0.25, 0.3) is 0 Å². The van der Waals surface area contributed by atoms with Crippen molar-refractivity contribution in [2.75, 3.05) is 27.9 Å². The third kappa shape index (κ3) is 6.67. The molecular weight excluding hydrogens is 468 g/mol. The Kier molecular flexibility index (Phi) is 9.06. The predicted octanol–water partition coefficient (Wildman–Crippen LogP) is 6.07. The van der Waals surface area contributed by atoms with Gasteiger partial charge in [-0.25, -0.2) is 4.39 Å². The fraction of sp³-hybridized carbons (Fsp3) is 0.280. The fourth-order valence-electron chi connectivity index (χ4n) is 3.31. The molecule has 0 spiro atoms. The van der Waals surface area contributed by atoms with Crippen LogP contribution < -0.4 is 24.3 Å². The summed E-state index contributed by atoms with van der Waals surface area (Å²) < 4.78 is 35.2. The van der Waals surface area contributed by atoms with Crippen LogP contribution in [0.15, 0.2) is 48.5 Å². The number of nitrogens with one attached hydrogen (secondary N) is 1. The molecule has 0 radical (unpaired) electrons. The van der Waals surface area contributed by atoms with Crippen molar-refractivity contribution >= 4 is 23.2 Å². The Hall–Kier alpha value is -2.67. The molecule has 0 amide bonds. The van der Waals surface area contributed by atoms with E-state index in [0.29, 0.717) is 45.2 Å². The van der Waals surface area contributed by atoms with Crippen LogP contribution in [0.1, 0.15) is 16.7 Å². The van der Waals surface area contributed by atoms with Crippen molar-refractivity contribution in [1.82, 2.24) is 5.32 Å². The van der Waals surface area contributed by atoms with E-state index in [9.17, 15) is 4.39 Å². The van der Waals surface area contributed by atoms with Crippen LogP contribution in [-0.4, -0.2) is 27.9 Å². The molecule has 0 aliphatic carbocycles. The molecular formula is C25H26Cl2FNO4. The number of rotatable bonds is 11. The lowest BCUT2D eigenvalue weighted by Crippen LogP contribution is -2.17. The minimum Gasteiger partial charge on any atom is -0.493 e. The van der Waals surface area contributed by atoms with Gasteiger partial charge in [-0.15, -0.1) is 0 Å². The zero-order chi connectivity index (χ0) is 23.8. The van der Waals surface area contributed by atoms with Gasteiger partial charge in [0, 0.05) is 12.1 Å². The molecule has 0 fully saturated rings. The topological polar surface area (TPSA) is 49.0 Å². The molecule has 33 heavy (non-hydrogen) atoms. The Morgan fingerprint density at radius 3 is 2.21 bits per heavy atom. The number of methoxy groups -OCH3 is 3. The van der Waals surface area contributed by atoms with Gasteiger partial charge in [-0.2, -0.15) is 0 Å². The molecule has 0 bridgehead atoms. The van der Waals surface area contributed by atoms with Crippen molar-refractivity contribution in [1.29, 1.82) is 0 Å². The minimum absolute atomic E-state index is 0.137. The van der Waals surface area contributed by atoms with Crippen LogP contribution >= 0.6 is 23.2 Å². The largest absolute Gasteiger partial charge is 0.493 e. The van der Waals surface area contributed by atoms with E-state index in [2.05, 4.69) is 5.32 Å². The van der Waals surface area contributed by atoms with Gasteiger partial charge in [-0.3, -0.25) is 0 Å². The van der Waals surface area contributed by atoms with Gasteiger partial charge in [-0.1, -0.05) is 35.3 Å². The summed E-state index contributed by atoms with van der Waals surface area (Å²) in [6, 6.07) is 13.7. The highest BCUT2D eigenvalue weighted by molar-refractivity contribution is 6.32. The standard InChI is InChI=1S/C25H26Cl2FNO4/c1-30-22-7-4-16(11-23(22)31-2)8-9-29-14-17-10-21(27)25(24(12-17)32-3)33-15-18-5-6-19(28)13-20(18)26/h4-7,10-13,29H,8-9,14-15H2,1-3H3. The first kappa shape index (κ1) is 25.0. The van der Waals surface area contributed by atoms with Crippen molar-refractivity contribution in [3.63, 3.8) is 0 Å². The van der Waals surface area contributed by atoms with Crippen LogP contribution in [0.2, 0.25) is 10.0 Å². The van der Waals surface area contributed by atoms with E-state index in [0.717, 1.165) is 24.1 Å². The second-order valence-corrected chi connectivity index (χ2v) is 8.06. The minimum atomic E-state index is -0.401. The Morgan fingerprint density at radius 2 is 1.52 bits per heavy atom. The van der Waals surface area contributed by atoms with Gasteiger partial charge in [0.05, 0.1) is 31.4 Å². The van der Waals surface area contributed by atoms with E-state index in [-0.39, 0.29) is 6.61 Å². The summed E-state index contributed by atoms with van der Waals surface area (Å²) in [6.45, 7) is 1.50. The van der Waals surface area contributed by atoms with Crippen molar-refractivity contribution in [2.45, 2.75) is 19.6 Å². The third-order valence-electron chi connectivity index (χ3n) is 5.04. The number of hydrogen-bond donors (Lipinski definition) is 1. The van der Waals surface area contributed by atoms with Crippen LogP contribution in [0, 0.1) is 5.82 Å². The van der Waals surface area contributed by atoms with Gasteiger partial charge in [0.2, 0.25) is 0 Å². The Morgan fingerprint density at radius 1 is 0.788 bits per heavy atom. The number of benzene rings is 3. The molecule has 0 aromatic heterocycles. The fourth-order valence-corrected chi connectivity index (χ4v) is 3.82. The summed E-state index contributed by atoms with van der Waals surface area (Å²) >= 11 is 12.5. The molecule has 1 N–H and O–H groups in total. The van der Waals surface area contributed by atoms with E-state index in [4.69, 9.17) is 42.1 Å². The van der Waals surface area contributed by atoms with Crippen LogP contribution in [-0.2, 0) is 19.6 Å². The molecule has 0 saturated carbocycles. The van der Waals surface area contributed by atoms with Crippen molar-refractivity contribution in [2.24, 2.45) is 0 Å². The van der Waals surface area contributed by atoms with Gasteiger partial charge in [0.1, 0.15) is 12.4 Å². The number of halogens is 3. The van der Waals surface area contributed by atoms with Crippen LogP contribution in [0.3, 0.4) is 0 Å². The van der Waals surface area contributed by atoms with E-state index >= 15 is 0 Å². The summed E-state index contributed by atoms with van der Waals surface area (Å²) in [7, 11) is 4.79. The molecule has 0 atom stereocenters. The van der Waals surface area contributed by atoms with Gasteiger partial charge >= 0.3 is 0 Å². The van der Waals surface area contributed by atoms with Crippen molar-refractivity contribution in [3.05, 3.63) is 81.1 Å². The zero-order valence-electron chi connectivity index (χ0n) is 18.7. The lowest BCUT2D eigenvalue weighted by molar-refractivity contribution is 0.284. The molecule has 0 unspecified atom stereocenters. The van der Waals surface area contributed by atoms with Crippen molar-refractivity contribution in [3.8, 4) is 23.0 Å². The molecule has 3 aromatic rings.